The molecule has 0 saturated carbocycles. The second-order valence-corrected chi connectivity index (χ2v) is 5.73. The van der Waals surface area contributed by atoms with Crippen molar-refractivity contribution < 1.29 is 4.79 Å². The minimum Gasteiger partial charge on any atom is -0.341 e. The van der Waals surface area contributed by atoms with Gasteiger partial charge in [0.15, 0.2) is 0 Å². The van der Waals surface area contributed by atoms with E-state index in [1.165, 1.54) is 5.56 Å². The average molecular weight is 262 g/mol. The van der Waals surface area contributed by atoms with E-state index in [0.717, 1.165) is 52.0 Å². The molecule has 104 valence electrons. The fraction of sp³-hybridized carbons (Fsp3) is 0.714. The minimum absolute atomic E-state index is 0.332. The van der Waals surface area contributed by atoms with Crippen molar-refractivity contribution in [2.45, 2.75) is 32.2 Å². The third-order valence-corrected chi connectivity index (χ3v) is 4.21. The lowest BCUT2D eigenvalue weighted by Gasteiger charge is -2.21. The number of hydrogen-bond donors (Lipinski definition) is 0. The molecule has 2 aliphatic heterocycles. The lowest BCUT2D eigenvalue weighted by atomic mass is 10.3. The lowest BCUT2D eigenvalue weighted by Crippen LogP contribution is -2.34. The molecule has 5 heteroatoms. The predicted octanol–water partition coefficient (Wildman–Crippen LogP) is 1.06. The van der Waals surface area contributed by atoms with Gasteiger partial charge in [0.05, 0.1) is 12.2 Å². The van der Waals surface area contributed by atoms with Crippen molar-refractivity contribution in [3.63, 3.8) is 0 Å². The van der Waals surface area contributed by atoms with Gasteiger partial charge in [-0.05, 0) is 25.3 Å². The van der Waals surface area contributed by atoms with Crippen LogP contribution in [-0.2, 0) is 4.79 Å². The second kappa shape index (κ2) is 5.33. The van der Waals surface area contributed by atoms with Crippen LogP contribution in [0.25, 0.3) is 0 Å². The molecule has 1 amide bonds. The molecule has 1 aromatic heterocycles. The molecule has 0 aromatic carbocycles. The van der Waals surface area contributed by atoms with E-state index in [4.69, 9.17) is 0 Å². The van der Waals surface area contributed by atoms with Crippen LogP contribution in [0.1, 0.15) is 30.9 Å². The quantitative estimate of drug-likeness (QED) is 0.815. The Balaban J connectivity index is 1.48. The lowest BCUT2D eigenvalue weighted by molar-refractivity contribution is -0.127. The highest BCUT2D eigenvalue weighted by atomic mass is 16.2. The van der Waals surface area contributed by atoms with Crippen LogP contribution < -0.4 is 0 Å². The number of nitrogens with zero attached hydrogens (tertiary/aromatic N) is 4. The average Bonchev–Trinajstić information content (AvgIpc) is 3.08. The molecule has 0 spiro atoms. The Morgan fingerprint density at radius 3 is 2.95 bits per heavy atom. The third kappa shape index (κ3) is 2.81. The number of carbonyl (C=O) groups is 1. The van der Waals surface area contributed by atoms with Crippen LogP contribution in [0.5, 0.6) is 0 Å². The number of aromatic nitrogens is 2. The first-order valence-electron chi connectivity index (χ1n) is 7.23. The molecular formula is C14H22N4O. The summed E-state index contributed by atoms with van der Waals surface area (Å²) in [7, 11) is 0. The number of rotatable bonds is 4. The normalized spacial score (nSPS) is 24.6. The molecule has 1 atom stereocenters. The fourth-order valence-electron chi connectivity index (χ4n) is 3.07. The van der Waals surface area contributed by atoms with E-state index in [2.05, 4.69) is 27.8 Å². The molecule has 19 heavy (non-hydrogen) atoms. The van der Waals surface area contributed by atoms with Crippen LogP contribution >= 0.6 is 0 Å². The van der Waals surface area contributed by atoms with Crippen molar-refractivity contribution in [2.24, 2.45) is 0 Å². The van der Waals surface area contributed by atoms with E-state index in [-0.39, 0.29) is 0 Å². The molecule has 1 aromatic rings. The highest BCUT2D eigenvalue weighted by molar-refractivity contribution is 5.78. The molecule has 5 nitrogen and oxygen atoms in total. The van der Waals surface area contributed by atoms with Crippen LogP contribution in [0.3, 0.4) is 0 Å². The van der Waals surface area contributed by atoms with Crippen molar-refractivity contribution in [3.05, 3.63) is 18.0 Å². The molecule has 1 unspecified atom stereocenters. The largest absolute Gasteiger partial charge is 0.341 e. The van der Waals surface area contributed by atoms with Gasteiger partial charge in [0.1, 0.15) is 0 Å². The first-order valence-corrected chi connectivity index (χ1v) is 7.23. The zero-order chi connectivity index (χ0) is 13.2. The van der Waals surface area contributed by atoms with Gasteiger partial charge in [-0.3, -0.25) is 14.4 Å². The van der Waals surface area contributed by atoms with E-state index in [1.54, 1.807) is 0 Å². The third-order valence-electron chi connectivity index (χ3n) is 4.21. The maximum Gasteiger partial charge on any atom is 0.222 e. The van der Waals surface area contributed by atoms with Crippen LogP contribution in [0.2, 0.25) is 0 Å². The van der Waals surface area contributed by atoms with Crippen molar-refractivity contribution in [1.82, 2.24) is 19.6 Å². The van der Waals surface area contributed by atoms with Crippen molar-refractivity contribution >= 4 is 5.91 Å². The topological polar surface area (TPSA) is 41.4 Å². The van der Waals surface area contributed by atoms with E-state index in [0.29, 0.717) is 11.9 Å². The zero-order valence-corrected chi connectivity index (χ0v) is 11.6. The van der Waals surface area contributed by atoms with Gasteiger partial charge in [0, 0.05) is 45.3 Å². The van der Waals surface area contributed by atoms with Gasteiger partial charge in [-0.2, -0.15) is 5.10 Å². The van der Waals surface area contributed by atoms with Gasteiger partial charge in [-0.15, -0.1) is 0 Å². The molecule has 0 N–H and O–H groups in total. The number of carbonyl (C=O) groups excluding carboxylic acids is 1. The maximum atomic E-state index is 11.6. The summed E-state index contributed by atoms with van der Waals surface area (Å²) in [4.78, 5) is 16.0. The van der Waals surface area contributed by atoms with Crippen LogP contribution in [0.4, 0.5) is 0 Å². The Morgan fingerprint density at radius 1 is 1.37 bits per heavy atom. The first-order chi connectivity index (χ1) is 9.22. The van der Waals surface area contributed by atoms with Crippen molar-refractivity contribution in [1.29, 1.82) is 0 Å². The first kappa shape index (κ1) is 12.7. The highest BCUT2D eigenvalue weighted by Gasteiger charge is 2.26. The highest BCUT2D eigenvalue weighted by Crippen LogP contribution is 2.21. The minimum atomic E-state index is 0.332. The Morgan fingerprint density at radius 2 is 2.26 bits per heavy atom. The SMILES string of the molecule is Cc1cnn(C2CCN(CCN3CCCC3=O)C2)c1. The molecule has 0 aliphatic carbocycles. The van der Waals surface area contributed by atoms with E-state index < -0.39 is 0 Å². The van der Waals surface area contributed by atoms with Crippen LogP contribution in [0.15, 0.2) is 12.4 Å². The summed E-state index contributed by atoms with van der Waals surface area (Å²) in [6, 6.07) is 0.503. The number of aryl methyl sites for hydroxylation is 1. The van der Waals surface area contributed by atoms with Gasteiger partial charge in [-0.1, -0.05) is 0 Å². The summed E-state index contributed by atoms with van der Waals surface area (Å²) < 4.78 is 2.09. The van der Waals surface area contributed by atoms with E-state index in [1.807, 2.05) is 11.1 Å². The molecule has 3 rings (SSSR count). The molecule has 0 bridgehead atoms. The number of amides is 1. The molecule has 2 saturated heterocycles. The van der Waals surface area contributed by atoms with Gasteiger partial charge < -0.3 is 4.90 Å². The standard InChI is InChI=1S/C14H22N4O/c1-12-9-15-18(10-12)13-4-6-16(11-13)7-8-17-5-2-3-14(17)19/h9-10,13H,2-8,11H2,1H3. The summed E-state index contributed by atoms with van der Waals surface area (Å²) in [5.74, 6) is 0.332. The molecule has 3 heterocycles. The number of hydrogen-bond acceptors (Lipinski definition) is 3. The summed E-state index contributed by atoms with van der Waals surface area (Å²) >= 11 is 0. The monoisotopic (exact) mass is 262 g/mol. The van der Waals surface area contributed by atoms with Gasteiger partial charge in [-0.25, -0.2) is 0 Å². The van der Waals surface area contributed by atoms with Crippen molar-refractivity contribution in [2.75, 3.05) is 32.7 Å². The predicted molar refractivity (Wildman–Crippen MR) is 72.9 cm³/mol. The number of likely N-dealkylation sites (tertiary alicyclic amines) is 2. The van der Waals surface area contributed by atoms with E-state index in [9.17, 15) is 4.79 Å². The van der Waals surface area contributed by atoms with Crippen LogP contribution in [0, 0.1) is 6.92 Å². The van der Waals surface area contributed by atoms with E-state index >= 15 is 0 Å². The fourth-order valence-corrected chi connectivity index (χ4v) is 3.07. The Labute approximate surface area is 114 Å². The van der Waals surface area contributed by atoms with Gasteiger partial charge in [0.25, 0.3) is 0 Å². The summed E-state index contributed by atoms with van der Waals surface area (Å²) in [6.45, 7) is 7.10. The molecule has 0 radical (unpaired) electrons. The Bertz CT molecular complexity index is 456. The van der Waals surface area contributed by atoms with Gasteiger partial charge in [0.2, 0.25) is 5.91 Å². The summed E-state index contributed by atoms with van der Waals surface area (Å²) in [5.41, 5.74) is 1.22. The maximum absolute atomic E-state index is 11.6. The van der Waals surface area contributed by atoms with Crippen molar-refractivity contribution in [3.8, 4) is 0 Å². The smallest absolute Gasteiger partial charge is 0.222 e. The zero-order valence-electron chi connectivity index (χ0n) is 11.6. The summed E-state index contributed by atoms with van der Waals surface area (Å²) in [6.07, 6.45) is 6.99. The molecular weight excluding hydrogens is 240 g/mol. The summed E-state index contributed by atoms with van der Waals surface area (Å²) in [5, 5.41) is 4.41. The Kier molecular flexibility index (Phi) is 3.55. The van der Waals surface area contributed by atoms with Crippen LogP contribution in [-0.4, -0.2) is 58.2 Å². The Hall–Kier alpha value is -1.36. The second-order valence-electron chi connectivity index (χ2n) is 5.73. The molecule has 2 aliphatic rings. The molecule has 2 fully saturated rings. The van der Waals surface area contributed by atoms with Gasteiger partial charge >= 0.3 is 0 Å².